The third kappa shape index (κ3) is 5.60. The molecule has 8 nitrogen and oxygen atoms in total. The lowest BCUT2D eigenvalue weighted by atomic mass is 10.2. The molecule has 0 radical (unpaired) electrons. The molecule has 0 saturated carbocycles. The van der Waals surface area contributed by atoms with Crippen molar-refractivity contribution < 1.29 is 14.2 Å². The summed E-state index contributed by atoms with van der Waals surface area (Å²) in [5.74, 6) is 1.73. The molecule has 0 aliphatic heterocycles. The Bertz CT molecular complexity index is 1490. The summed E-state index contributed by atoms with van der Waals surface area (Å²) in [5, 5.41) is 0.200. The Morgan fingerprint density at radius 2 is 1.44 bits per heavy atom. The van der Waals surface area contributed by atoms with E-state index in [1.165, 1.54) is 20.3 Å². The van der Waals surface area contributed by atoms with Gasteiger partial charge in [-0.3, -0.25) is 14.6 Å². The summed E-state index contributed by atoms with van der Waals surface area (Å²) in [4.78, 5) is 34.7. The molecule has 2 aromatic carbocycles. The van der Waals surface area contributed by atoms with Crippen LogP contribution in [0.2, 0.25) is 0 Å². The Balaban J connectivity index is 1.58. The van der Waals surface area contributed by atoms with Gasteiger partial charge in [-0.2, -0.15) is 0 Å². The number of H-pyrrole nitrogens is 2. The topological polar surface area (TPSA) is 106 Å². The van der Waals surface area contributed by atoms with Crippen molar-refractivity contribution in [3.63, 3.8) is 0 Å². The van der Waals surface area contributed by atoms with E-state index in [9.17, 15) is 9.59 Å². The first kappa shape index (κ1) is 22.6. The van der Waals surface area contributed by atoms with Crippen molar-refractivity contribution in [1.82, 2.24) is 15.0 Å². The van der Waals surface area contributed by atoms with Crippen molar-refractivity contribution in [2.24, 2.45) is 0 Å². The van der Waals surface area contributed by atoms with Crippen LogP contribution in [0.3, 0.4) is 0 Å². The standard InChI is InChI=1S/C26H23N3O5/c1-32-21-10-18(11-22(14-21)33-2)12-23-25(30)29-24(26(31)28-23)13-19-8-9-20(15-27-19)34-16-17-6-4-3-5-7-17/h3-15H,16H2,1-2H3,(H,28,31)(H,29,30). The Hall–Kier alpha value is -4.59. The number of nitrogens with one attached hydrogen (secondary N) is 2. The second kappa shape index (κ2) is 10.4. The van der Waals surface area contributed by atoms with Crippen LogP contribution in [0.4, 0.5) is 0 Å². The molecule has 0 aliphatic carbocycles. The normalized spacial score (nSPS) is 11.9. The molecule has 0 atom stereocenters. The molecule has 172 valence electrons. The van der Waals surface area contributed by atoms with Gasteiger partial charge in [-0.05, 0) is 47.5 Å². The molecular weight excluding hydrogens is 434 g/mol. The van der Waals surface area contributed by atoms with Crippen LogP contribution in [-0.4, -0.2) is 29.2 Å². The minimum atomic E-state index is -0.452. The van der Waals surface area contributed by atoms with Crippen molar-refractivity contribution >= 4 is 12.2 Å². The van der Waals surface area contributed by atoms with Crippen LogP contribution < -0.4 is 36.0 Å². The molecule has 4 rings (SSSR count). The second-order valence-corrected chi connectivity index (χ2v) is 7.36. The maximum Gasteiger partial charge on any atom is 0.272 e. The van der Waals surface area contributed by atoms with Gasteiger partial charge in [-0.1, -0.05) is 30.3 Å². The zero-order valence-electron chi connectivity index (χ0n) is 18.7. The average Bonchev–Trinajstić information content (AvgIpc) is 2.87. The molecule has 2 aromatic heterocycles. The van der Waals surface area contributed by atoms with Gasteiger partial charge in [0.15, 0.2) is 0 Å². The highest BCUT2D eigenvalue weighted by atomic mass is 16.5. The molecular formula is C26H23N3O5. The fourth-order valence-electron chi connectivity index (χ4n) is 3.23. The van der Waals surface area contributed by atoms with Crippen molar-refractivity contribution in [3.8, 4) is 17.2 Å². The fourth-order valence-corrected chi connectivity index (χ4v) is 3.23. The van der Waals surface area contributed by atoms with E-state index in [-0.39, 0.29) is 10.7 Å². The van der Waals surface area contributed by atoms with Crippen LogP contribution in [0.1, 0.15) is 16.8 Å². The first-order valence-corrected chi connectivity index (χ1v) is 10.5. The van der Waals surface area contributed by atoms with E-state index >= 15 is 0 Å². The van der Waals surface area contributed by atoms with Crippen LogP contribution in [0.15, 0.2) is 76.4 Å². The van der Waals surface area contributed by atoms with E-state index in [1.807, 2.05) is 30.3 Å². The molecule has 4 aromatic rings. The second-order valence-electron chi connectivity index (χ2n) is 7.36. The van der Waals surface area contributed by atoms with E-state index in [2.05, 4.69) is 15.0 Å². The Kier molecular flexibility index (Phi) is 6.88. The highest BCUT2D eigenvalue weighted by Gasteiger charge is 2.03. The van der Waals surface area contributed by atoms with Gasteiger partial charge in [0.25, 0.3) is 11.1 Å². The summed E-state index contributed by atoms with van der Waals surface area (Å²) in [7, 11) is 3.07. The molecule has 0 fully saturated rings. The monoisotopic (exact) mass is 457 g/mol. The van der Waals surface area contributed by atoms with Gasteiger partial charge in [0.05, 0.1) is 26.1 Å². The van der Waals surface area contributed by atoms with Crippen LogP contribution in [-0.2, 0) is 6.61 Å². The van der Waals surface area contributed by atoms with Crippen LogP contribution in [0, 0.1) is 0 Å². The highest BCUT2D eigenvalue weighted by molar-refractivity contribution is 5.54. The molecule has 0 spiro atoms. The van der Waals surface area contributed by atoms with E-state index in [4.69, 9.17) is 14.2 Å². The van der Waals surface area contributed by atoms with E-state index in [0.717, 1.165) is 5.56 Å². The van der Waals surface area contributed by atoms with E-state index < -0.39 is 11.1 Å². The Morgan fingerprint density at radius 3 is 2.03 bits per heavy atom. The van der Waals surface area contributed by atoms with Crippen LogP contribution in [0.25, 0.3) is 12.2 Å². The van der Waals surface area contributed by atoms with Crippen molar-refractivity contribution in [1.29, 1.82) is 0 Å². The summed E-state index contributed by atoms with van der Waals surface area (Å²) >= 11 is 0. The first-order valence-electron chi connectivity index (χ1n) is 10.5. The summed E-state index contributed by atoms with van der Waals surface area (Å²) in [6.45, 7) is 0.426. The highest BCUT2D eigenvalue weighted by Crippen LogP contribution is 2.22. The quantitative estimate of drug-likeness (QED) is 0.438. The Morgan fingerprint density at radius 1 is 0.794 bits per heavy atom. The zero-order valence-corrected chi connectivity index (χ0v) is 18.7. The number of pyridine rings is 1. The summed E-state index contributed by atoms with van der Waals surface area (Å²) in [6.07, 6.45) is 4.62. The number of aromatic amines is 2. The van der Waals surface area contributed by atoms with Crippen LogP contribution in [0.5, 0.6) is 17.2 Å². The molecule has 0 amide bonds. The summed E-state index contributed by atoms with van der Waals surface area (Å²) in [5.41, 5.74) is 1.29. The lowest BCUT2D eigenvalue weighted by Crippen LogP contribution is -2.46. The fraction of sp³-hybridized carbons (Fsp3) is 0.115. The average molecular weight is 457 g/mol. The maximum absolute atomic E-state index is 12.6. The van der Waals surface area contributed by atoms with E-state index in [1.54, 1.807) is 42.6 Å². The van der Waals surface area contributed by atoms with Gasteiger partial charge in [0, 0.05) is 6.07 Å². The van der Waals surface area contributed by atoms with Crippen molar-refractivity contribution in [2.75, 3.05) is 14.2 Å². The number of ether oxygens (including phenoxy) is 3. The van der Waals surface area contributed by atoms with Crippen molar-refractivity contribution in [2.45, 2.75) is 6.61 Å². The molecule has 34 heavy (non-hydrogen) atoms. The van der Waals surface area contributed by atoms with Crippen LogP contribution >= 0.6 is 0 Å². The minimum Gasteiger partial charge on any atom is -0.497 e. The SMILES string of the molecule is COc1cc(C=c2[nH]c(=O)c(=Cc3ccc(OCc4ccccc4)cn3)[nH]c2=O)cc(OC)c1. The largest absolute Gasteiger partial charge is 0.497 e. The smallest absolute Gasteiger partial charge is 0.272 e. The van der Waals surface area contributed by atoms with Gasteiger partial charge in [-0.25, -0.2) is 0 Å². The molecule has 2 N–H and O–H groups in total. The number of methoxy groups -OCH3 is 2. The van der Waals surface area contributed by atoms with Gasteiger partial charge < -0.3 is 24.2 Å². The first-order chi connectivity index (χ1) is 16.5. The maximum atomic E-state index is 12.6. The number of aromatic nitrogens is 3. The minimum absolute atomic E-state index is 0.0934. The number of benzene rings is 2. The third-order valence-corrected chi connectivity index (χ3v) is 4.97. The lowest BCUT2D eigenvalue weighted by Gasteiger charge is -2.06. The summed E-state index contributed by atoms with van der Waals surface area (Å²) in [6, 6.07) is 18.4. The van der Waals surface area contributed by atoms with Crippen molar-refractivity contribution in [3.05, 3.63) is 115 Å². The molecule has 0 unspecified atom stereocenters. The molecule has 0 aliphatic rings. The molecule has 2 heterocycles. The van der Waals surface area contributed by atoms with Gasteiger partial charge in [0.1, 0.15) is 34.6 Å². The number of rotatable bonds is 7. The Labute approximate surface area is 194 Å². The number of nitrogens with zero attached hydrogens (tertiary/aromatic N) is 1. The van der Waals surface area contributed by atoms with E-state index in [0.29, 0.717) is 35.1 Å². The number of hydrogen-bond acceptors (Lipinski definition) is 6. The molecule has 0 bridgehead atoms. The predicted molar refractivity (Wildman–Crippen MR) is 129 cm³/mol. The molecule has 0 saturated heterocycles. The third-order valence-electron chi connectivity index (χ3n) is 4.97. The zero-order chi connectivity index (χ0) is 23.9. The molecule has 8 heteroatoms. The van der Waals surface area contributed by atoms with Gasteiger partial charge >= 0.3 is 0 Å². The predicted octanol–water partition coefficient (Wildman–Crippen LogP) is 1.71. The summed E-state index contributed by atoms with van der Waals surface area (Å²) < 4.78 is 16.2. The van der Waals surface area contributed by atoms with Gasteiger partial charge in [-0.15, -0.1) is 0 Å². The lowest BCUT2D eigenvalue weighted by molar-refractivity contribution is 0.305. The number of hydrogen-bond donors (Lipinski definition) is 2. The van der Waals surface area contributed by atoms with Gasteiger partial charge in [0.2, 0.25) is 0 Å².